The van der Waals surface area contributed by atoms with E-state index in [1.165, 1.54) is 0 Å². The van der Waals surface area contributed by atoms with Gasteiger partial charge in [-0.3, -0.25) is 0 Å². The topological polar surface area (TPSA) is 122 Å². The van der Waals surface area contributed by atoms with Crippen LogP contribution >= 0.6 is 11.3 Å². The Hall–Kier alpha value is -3.41. The largest absolute Gasteiger partial charge is 0.480 e. The summed E-state index contributed by atoms with van der Waals surface area (Å²) in [4.78, 5) is 24.8. The highest BCUT2D eigenvalue weighted by Crippen LogP contribution is 2.42. The van der Waals surface area contributed by atoms with E-state index in [2.05, 4.69) is 5.32 Å². The SMILES string of the molecule is Cc1c(-c2cccc(NC3CCN(S(=O)(=O)Cc4ccccc4)CC3)c2)sc(C(=O)O)c1OCC(=O)OCC1CC1. The number of carboxylic acid groups (broad SMARTS) is 1. The lowest BCUT2D eigenvalue weighted by Crippen LogP contribution is -2.42. The molecule has 0 amide bonds. The number of benzene rings is 2. The molecule has 2 heterocycles. The standard InChI is InChI=1S/C30H34N2O7S2/c1-20-27(39-18-26(33)38-17-21-10-11-21)29(30(34)35)40-28(20)23-8-5-9-25(16-23)31-24-12-14-32(15-13-24)41(36,37)19-22-6-3-2-4-7-22/h2-9,16,21,24,31H,10-15,17-19H2,1H3,(H,34,35). The maximum Gasteiger partial charge on any atom is 0.349 e. The van der Waals surface area contributed by atoms with Crippen LogP contribution in [0, 0.1) is 12.8 Å². The molecule has 1 saturated carbocycles. The van der Waals surface area contributed by atoms with Gasteiger partial charge in [-0.1, -0.05) is 42.5 Å². The first kappa shape index (κ1) is 29.1. The number of sulfonamides is 1. The van der Waals surface area contributed by atoms with Crippen LogP contribution < -0.4 is 10.1 Å². The highest BCUT2D eigenvalue weighted by atomic mass is 32.2. The summed E-state index contributed by atoms with van der Waals surface area (Å²) in [6, 6.07) is 17.0. The van der Waals surface area contributed by atoms with Crippen molar-refractivity contribution in [3.63, 3.8) is 0 Å². The smallest absolute Gasteiger partial charge is 0.349 e. The van der Waals surface area contributed by atoms with Crippen molar-refractivity contribution in [2.75, 3.05) is 31.6 Å². The number of anilines is 1. The third-order valence-corrected chi connectivity index (χ3v) is 10.5. The third-order valence-electron chi connectivity index (χ3n) is 7.33. The maximum absolute atomic E-state index is 12.9. The second kappa shape index (κ2) is 12.6. The molecule has 0 atom stereocenters. The number of aromatic carboxylic acids is 1. The van der Waals surface area contributed by atoms with Gasteiger partial charge in [0.2, 0.25) is 10.0 Å². The van der Waals surface area contributed by atoms with Crippen molar-refractivity contribution in [2.45, 2.75) is 44.4 Å². The molecule has 1 aliphatic heterocycles. The summed E-state index contributed by atoms with van der Waals surface area (Å²) in [5.41, 5.74) is 3.12. The average molecular weight is 599 g/mol. The number of carbonyl (C=O) groups is 2. The number of hydrogen-bond acceptors (Lipinski definition) is 8. The second-order valence-corrected chi connectivity index (χ2v) is 13.6. The van der Waals surface area contributed by atoms with Crippen LogP contribution in [0.4, 0.5) is 5.69 Å². The van der Waals surface area contributed by atoms with E-state index in [4.69, 9.17) is 9.47 Å². The van der Waals surface area contributed by atoms with Gasteiger partial charge in [-0.2, -0.15) is 0 Å². The summed E-state index contributed by atoms with van der Waals surface area (Å²) in [6.07, 6.45) is 3.48. The molecule has 11 heteroatoms. The Balaban J connectivity index is 1.22. The van der Waals surface area contributed by atoms with Gasteiger partial charge in [-0.15, -0.1) is 11.3 Å². The highest BCUT2D eigenvalue weighted by molar-refractivity contribution is 7.88. The van der Waals surface area contributed by atoms with Gasteiger partial charge in [0.15, 0.2) is 11.5 Å². The van der Waals surface area contributed by atoms with Crippen molar-refractivity contribution in [3.8, 4) is 16.2 Å². The van der Waals surface area contributed by atoms with Crippen molar-refractivity contribution in [1.82, 2.24) is 4.31 Å². The molecule has 9 nitrogen and oxygen atoms in total. The molecule has 1 saturated heterocycles. The second-order valence-electron chi connectivity index (χ2n) is 10.6. The van der Waals surface area contributed by atoms with E-state index >= 15 is 0 Å². The van der Waals surface area contributed by atoms with E-state index in [0.717, 1.165) is 45.9 Å². The Kier molecular flexibility index (Phi) is 8.96. The maximum atomic E-state index is 12.9. The van der Waals surface area contributed by atoms with Crippen LogP contribution in [0.5, 0.6) is 5.75 Å². The van der Waals surface area contributed by atoms with Gasteiger partial charge in [-0.05, 0) is 61.8 Å². The Labute approximate surface area is 244 Å². The van der Waals surface area contributed by atoms with Crippen molar-refractivity contribution >= 4 is 39.0 Å². The number of carboxylic acids is 1. The summed E-state index contributed by atoms with van der Waals surface area (Å²) in [5, 5.41) is 13.3. The predicted octanol–water partition coefficient (Wildman–Crippen LogP) is 5.16. The number of nitrogens with zero attached hydrogens (tertiary/aromatic N) is 1. The van der Waals surface area contributed by atoms with Crippen LogP contribution in [0.1, 0.15) is 46.5 Å². The first-order valence-corrected chi connectivity index (χ1v) is 16.2. The first-order chi connectivity index (χ1) is 19.7. The van der Waals surface area contributed by atoms with Crippen LogP contribution in [-0.4, -0.2) is 62.1 Å². The lowest BCUT2D eigenvalue weighted by Gasteiger charge is -2.32. The molecule has 2 N–H and O–H groups in total. The molecule has 1 aliphatic carbocycles. The van der Waals surface area contributed by atoms with E-state index < -0.39 is 22.0 Å². The molecule has 2 aliphatic rings. The number of nitrogens with one attached hydrogen (secondary N) is 1. The van der Waals surface area contributed by atoms with Crippen LogP contribution in [0.25, 0.3) is 10.4 Å². The zero-order valence-electron chi connectivity index (χ0n) is 22.9. The van der Waals surface area contributed by atoms with E-state index in [-0.39, 0.29) is 29.0 Å². The van der Waals surface area contributed by atoms with E-state index in [0.29, 0.717) is 44.0 Å². The zero-order chi connectivity index (χ0) is 29.0. The van der Waals surface area contributed by atoms with Crippen LogP contribution in [-0.2, 0) is 25.3 Å². The van der Waals surface area contributed by atoms with E-state index in [1.807, 2.05) is 54.6 Å². The Morgan fingerprint density at radius 1 is 1.05 bits per heavy atom. The normalized spacial score (nSPS) is 16.3. The minimum absolute atomic E-state index is 0.000170. The number of piperidine rings is 1. The molecule has 0 unspecified atom stereocenters. The summed E-state index contributed by atoms with van der Waals surface area (Å²) in [6.45, 7) is 2.72. The minimum atomic E-state index is -3.39. The summed E-state index contributed by atoms with van der Waals surface area (Å²) >= 11 is 1.11. The van der Waals surface area contributed by atoms with Gasteiger partial charge >= 0.3 is 11.9 Å². The molecule has 0 bridgehead atoms. The fraction of sp³-hybridized carbons (Fsp3) is 0.400. The van der Waals surface area contributed by atoms with Gasteiger partial charge in [0.05, 0.1) is 12.4 Å². The molecule has 218 valence electrons. The molecule has 0 radical (unpaired) electrons. The molecule has 2 fully saturated rings. The minimum Gasteiger partial charge on any atom is -0.480 e. The van der Waals surface area contributed by atoms with Crippen LogP contribution in [0.2, 0.25) is 0 Å². The first-order valence-electron chi connectivity index (χ1n) is 13.7. The molecule has 3 aromatic rings. The van der Waals surface area contributed by atoms with Gasteiger partial charge in [-0.25, -0.2) is 22.3 Å². The molecule has 0 spiro atoms. The van der Waals surface area contributed by atoms with Gasteiger partial charge in [0, 0.05) is 35.3 Å². The number of esters is 1. The number of thiophene rings is 1. The number of hydrogen-bond donors (Lipinski definition) is 2. The molecular weight excluding hydrogens is 564 g/mol. The fourth-order valence-corrected chi connectivity index (χ4v) is 7.55. The lowest BCUT2D eigenvalue weighted by molar-refractivity contribution is -0.146. The monoisotopic (exact) mass is 598 g/mol. The fourth-order valence-electron chi connectivity index (χ4n) is 4.90. The Morgan fingerprint density at radius 2 is 1.78 bits per heavy atom. The Morgan fingerprint density at radius 3 is 2.46 bits per heavy atom. The quantitative estimate of drug-likeness (QED) is 0.274. The molecule has 41 heavy (non-hydrogen) atoms. The molecular formula is C30H34N2O7S2. The summed E-state index contributed by atoms with van der Waals surface area (Å²) in [5.74, 6) is -1.01. The predicted molar refractivity (Wildman–Crippen MR) is 158 cm³/mol. The van der Waals surface area contributed by atoms with E-state index in [1.54, 1.807) is 11.2 Å². The molecule has 2 aromatic carbocycles. The Bertz CT molecular complexity index is 1490. The zero-order valence-corrected chi connectivity index (χ0v) is 24.5. The number of ether oxygens (including phenoxy) is 2. The number of rotatable bonds is 12. The van der Waals surface area contributed by atoms with Gasteiger partial charge in [0.1, 0.15) is 5.75 Å². The van der Waals surface area contributed by atoms with Crippen LogP contribution in [0.15, 0.2) is 54.6 Å². The van der Waals surface area contributed by atoms with Crippen LogP contribution in [0.3, 0.4) is 0 Å². The lowest BCUT2D eigenvalue weighted by atomic mass is 10.0. The van der Waals surface area contributed by atoms with Crippen molar-refractivity contribution in [3.05, 3.63) is 70.6 Å². The number of carbonyl (C=O) groups excluding carboxylic acids is 1. The van der Waals surface area contributed by atoms with Gasteiger partial charge in [0.25, 0.3) is 0 Å². The van der Waals surface area contributed by atoms with Crippen molar-refractivity contribution in [1.29, 1.82) is 0 Å². The molecule has 1 aromatic heterocycles. The highest BCUT2D eigenvalue weighted by Gasteiger charge is 2.29. The van der Waals surface area contributed by atoms with Crippen molar-refractivity contribution in [2.24, 2.45) is 5.92 Å². The van der Waals surface area contributed by atoms with Crippen molar-refractivity contribution < 1.29 is 32.6 Å². The average Bonchev–Trinajstić information content (AvgIpc) is 3.73. The van der Waals surface area contributed by atoms with Gasteiger partial charge < -0.3 is 19.9 Å². The third kappa shape index (κ3) is 7.46. The summed E-state index contributed by atoms with van der Waals surface area (Å²) in [7, 11) is -3.39. The van der Waals surface area contributed by atoms with E-state index in [9.17, 15) is 23.1 Å². The molecule has 5 rings (SSSR count). The summed E-state index contributed by atoms with van der Waals surface area (Å²) < 4.78 is 38.2.